The summed E-state index contributed by atoms with van der Waals surface area (Å²) in [4.78, 5) is 41.8. The van der Waals surface area contributed by atoms with Crippen LogP contribution in [0.4, 0.5) is 0 Å². The largest absolute Gasteiger partial charge is 0.490 e. The predicted octanol–water partition coefficient (Wildman–Crippen LogP) is 2.19. The van der Waals surface area contributed by atoms with Crippen LogP contribution in [0.3, 0.4) is 0 Å². The van der Waals surface area contributed by atoms with E-state index < -0.39 is 36.2 Å². The highest BCUT2D eigenvalue weighted by Crippen LogP contribution is 2.66. The van der Waals surface area contributed by atoms with Crippen LogP contribution in [-0.4, -0.2) is 74.5 Å². The van der Waals surface area contributed by atoms with E-state index in [0.29, 0.717) is 36.5 Å². The van der Waals surface area contributed by atoms with Crippen LogP contribution >= 0.6 is 23.5 Å². The number of aliphatic imine (C=N–C) groups is 1. The molecule has 1 heterocycles. The number of nitrogens with one attached hydrogen (secondary N) is 2. The molecule has 1 aliphatic rings. The van der Waals surface area contributed by atoms with Crippen LogP contribution in [0.5, 0.6) is 0 Å². The maximum absolute atomic E-state index is 11.8. The Balaban J connectivity index is 2.75. The van der Waals surface area contributed by atoms with E-state index in [1.54, 1.807) is 31.9 Å². The van der Waals surface area contributed by atoms with Gasteiger partial charge in [0.05, 0.1) is 25.4 Å². The van der Waals surface area contributed by atoms with Gasteiger partial charge in [0.2, 0.25) is 0 Å². The molecule has 4 atom stereocenters. The van der Waals surface area contributed by atoms with Gasteiger partial charge >= 0.3 is 23.5 Å². The van der Waals surface area contributed by atoms with Crippen molar-refractivity contribution in [1.29, 1.82) is 10.8 Å². The average molecular weight is 534 g/mol. The first kappa shape index (κ1) is 30.0. The second-order valence-corrected chi connectivity index (χ2v) is 11.3. The number of phosphoric ester groups is 1. The molecule has 0 aromatic rings. The molecule has 0 aromatic heterocycles. The minimum absolute atomic E-state index is 0.212. The number of hydrogen-bond acceptors (Lipinski definition) is 11. The van der Waals surface area contributed by atoms with Gasteiger partial charge in [-0.15, -0.1) is 0 Å². The summed E-state index contributed by atoms with van der Waals surface area (Å²) in [5, 5.41) is 15.3. The smallest absolute Gasteiger partial charge is 0.371 e. The fourth-order valence-electron chi connectivity index (χ4n) is 2.83. The van der Waals surface area contributed by atoms with Gasteiger partial charge in [-0.1, -0.05) is 0 Å². The molecular weight excluding hydrogens is 505 g/mol. The predicted molar refractivity (Wildman–Crippen MR) is 118 cm³/mol. The summed E-state index contributed by atoms with van der Waals surface area (Å²) in [6, 6.07) is 0. The second-order valence-electron chi connectivity index (χ2n) is 6.91. The molecule has 0 spiro atoms. The number of nitrogens with zero attached hydrogens (tertiary/aromatic N) is 2. The highest BCUT2D eigenvalue weighted by molar-refractivity contribution is 7.66. The topological polar surface area (TPSA) is 232 Å². The molecule has 190 valence electrons. The first-order valence-electron chi connectivity index (χ1n) is 9.52. The Morgan fingerprint density at radius 1 is 1.12 bits per heavy atom. The van der Waals surface area contributed by atoms with Crippen molar-refractivity contribution in [1.82, 2.24) is 4.90 Å². The third kappa shape index (κ3) is 11.3. The van der Waals surface area contributed by atoms with Crippen molar-refractivity contribution < 1.29 is 51.2 Å². The molecule has 0 aromatic carbocycles. The molecule has 1 fully saturated rings. The van der Waals surface area contributed by atoms with Gasteiger partial charge in [-0.3, -0.25) is 4.52 Å². The fourth-order valence-corrected chi connectivity index (χ4v) is 5.88. The molecule has 0 saturated carbocycles. The van der Waals surface area contributed by atoms with Gasteiger partial charge in [-0.05, 0) is 33.6 Å². The van der Waals surface area contributed by atoms with Crippen molar-refractivity contribution in [3.8, 4) is 0 Å². The first-order chi connectivity index (χ1) is 15.1. The zero-order chi connectivity index (χ0) is 25.4. The van der Waals surface area contributed by atoms with Gasteiger partial charge < -0.3 is 40.0 Å². The highest BCUT2D eigenvalue weighted by Gasteiger charge is 2.41. The third-order valence-electron chi connectivity index (χ3n) is 4.22. The van der Waals surface area contributed by atoms with E-state index in [0.717, 1.165) is 0 Å². The molecule has 15 nitrogen and oxygen atoms in total. The number of hydrogen-bond donors (Lipinski definition) is 6. The third-order valence-corrected chi connectivity index (χ3v) is 8.02. The van der Waals surface area contributed by atoms with Crippen LogP contribution in [-0.2, 0) is 31.6 Å². The summed E-state index contributed by atoms with van der Waals surface area (Å²) in [7, 11) is -16.3. The van der Waals surface area contributed by atoms with E-state index in [2.05, 4.69) is 18.1 Å². The second kappa shape index (κ2) is 12.6. The molecule has 3 unspecified atom stereocenters. The summed E-state index contributed by atoms with van der Waals surface area (Å²) in [5.74, 6) is 0.508. The van der Waals surface area contributed by atoms with Crippen LogP contribution in [0.1, 0.15) is 33.6 Å². The van der Waals surface area contributed by atoms with Crippen LogP contribution in [0.25, 0.3) is 0 Å². The average Bonchev–Trinajstić information content (AvgIpc) is 3.08. The summed E-state index contributed by atoms with van der Waals surface area (Å²) >= 11 is 0. The number of allylic oxidation sites excluding steroid dienone is 1. The molecule has 33 heavy (non-hydrogen) atoms. The molecule has 1 rings (SSSR count). The Hall–Kier alpha value is -1.08. The molecule has 0 amide bonds. The number of phosphoric acid groups is 3. The van der Waals surface area contributed by atoms with E-state index in [-0.39, 0.29) is 12.6 Å². The van der Waals surface area contributed by atoms with E-state index in [4.69, 9.17) is 30.2 Å². The molecule has 1 aliphatic heterocycles. The maximum Gasteiger partial charge on any atom is 0.490 e. The standard InChI is InChI=1S/C15H29N4O11P3/c1-4-18-15(11(2)12(3)17)19(8-7-16)9-13-5-6-14(28-13)10-27-32(23,24)30-33(25,26)29-31(20,21)22/h4,7,13-14,16-17H,5-6,8-10H2,1-3H3,(H,23,24)(H,25,26)(H2,20,21,22)/b15-11+,16-7?,17-12?,18-4?/t13-,14?/m1/s1. The fraction of sp³-hybridized carbons (Fsp3) is 0.667. The Morgan fingerprint density at radius 2 is 1.73 bits per heavy atom. The van der Waals surface area contributed by atoms with Crippen LogP contribution in [0.2, 0.25) is 0 Å². The van der Waals surface area contributed by atoms with Crippen molar-refractivity contribution >= 4 is 41.6 Å². The Kier molecular flexibility index (Phi) is 11.4. The van der Waals surface area contributed by atoms with Crippen LogP contribution < -0.4 is 0 Å². The quantitative estimate of drug-likeness (QED) is 0.139. The molecule has 18 heteroatoms. The Morgan fingerprint density at radius 3 is 2.24 bits per heavy atom. The van der Waals surface area contributed by atoms with Gasteiger partial charge in [0.1, 0.15) is 5.82 Å². The van der Waals surface area contributed by atoms with Gasteiger partial charge in [0.15, 0.2) is 0 Å². The molecule has 0 bridgehead atoms. The van der Waals surface area contributed by atoms with Crippen molar-refractivity contribution in [2.45, 2.75) is 45.8 Å². The zero-order valence-corrected chi connectivity index (χ0v) is 20.9. The van der Waals surface area contributed by atoms with Gasteiger partial charge in [-0.2, -0.15) is 8.62 Å². The lowest BCUT2D eigenvalue weighted by molar-refractivity contribution is 0.00152. The summed E-state index contributed by atoms with van der Waals surface area (Å²) in [6.07, 6.45) is 2.61. The van der Waals surface area contributed by atoms with Crippen molar-refractivity contribution in [2.24, 2.45) is 4.99 Å². The number of rotatable bonds is 14. The van der Waals surface area contributed by atoms with E-state index in [1.165, 1.54) is 6.21 Å². The molecular formula is C15H29N4O11P3. The Bertz CT molecular complexity index is 919. The minimum atomic E-state index is -5.58. The van der Waals surface area contributed by atoms with E-state index >= 15 is 0 Å². The molecule has 0 aliphatic carbocycles. The maximum atomic E-state index is 11.8. The summed E-state index contributed by atoms with van der Waals surface area (Å²) in [6.45, 7) is 5.08. The first-order valence-corrected chi connectivity index (χ1v) is 14.0. The molecule has 6 N–H and O–H groups in total. The van der Waals surface area contributed by atoms with Crippen LogP contribution in [0, 0.1) is 10.8 Å². The van der Waals surface area contributed by atoms with Crippen LogP contribution in [0.15, 0.2) is 16.4 Å². The minimum Gasteiger partial charge on any atom is -0.371 e. The summed E-state index contributed by atoms with van der Waals surface area (Å²) < 4.78 is 51.5. The van der Waals surface area contributed by atoms with Gasteiger partial charge in [-0.25, -0.2) is 18.7 Å². The van der Waals surface area contributed by atoms with Crippen molar-refractivity contribution in [3.05, 3.63) is 11.4 Å². The molecule has 0 radical (unpaired) electrons. The molecule has 1 saturated heterocycles. The normalized spacial score (nSPS) is 23.6. The lowest BCUT2D eigenvalue weighted by Crippen LogP contribution is -2.34. The highest BCUT2D eigenvalue weighted by atomic mass is 31.3. The van der Waals surface area contributed by atoms with E-state index in [1.807, 2.05) is 0 Å². The van der Waals surface area contributed by atoms with E-state index in [9.17, 15) is 18.6 Å². The monoisotopic (exact) mass is 534 g/mol. The lowest BCUT2D eigenvalue weighted by Gasteiger charge is -2.28. The van der Waals surface area contributed by atoms with Gasteiger partial charge in [0, 0.05) is 30.3 Å². The van der Waals surface area contributed by atoms with Gasteiger partial charge in [0.25, 0.3) is 0 Å². The van der Waals surface area contributed by atoms with Crippen molar-refractivity contribution in [2.75, 3.05) is 19.7 Å². The van der Waals surface area contributed by atoms with Crippen molar-refractivity contribution in [3.63, 3.8) is 0 Å². The zero-order valence-electron chi connectivity index (χ0n) is 18.2. The lowest BCUT2D eigenvalue weighted by atomic mass is 10.1. The SMILES string of the molecule is CC=N/C(=C(/C)C(C)=N)N(CC=N)C[C@H]1CCC(COP(=O)(O)OP(=O)(O)OP(=O)(O)O)O1. The number of ether oxygens (including phenoxy) is 1. The Labute approximate surface area is 190 Å². The summed E-state index contributed by atoms with van der Waals surface area (Å²) in [5.41, 5.74) is 0.934.